The van der Waals surface area contributed by atoms with E-state index in [4.69, 9.17) is 4.74 Å². The molecule has 2 rings (SSSR count). The monoisotopic (exact) mass is 292 g/mol. The van der Waals surface area contributed by atoms with Crippen LogP contribution in [0.3, 0.4) is 0 Å². The number of pyridine rings is 1. The Morgan fingerprint density at radius 3 is 3.14 bits per heavy atom. The third-order valence-electron chi connectivity index (χ3n) is 3.83. The first-order chi connectivity index (χ1) is 10.1. The molecule has 2 unspecified atom stereocenters. The molecule has 0 aliphatic carbocycles. The van der Waals surface area contributed by atoms with E-state index in [2.05, 4.69) is 34.4 Å². The van der Waals surface area contributed by atoms with Gasteiger partial charge in [0.1, 0.15) is 5.82 Å². The molecule has 1 aliphatic heterocycles. The zero-order chi connectivity index (χ0) is 15.2. The fourth-order valence-corrected chi connectivity index (χ4v) is 2.62. The summed E-state index contributed by atoms with van der Waals surface area (Å²) in [5, 5.41) is 5.93. The summed E-state index contributed by atoms with van der Waals surface area (Å²) in [6, 6.07) is 4.31. The Labute approximate surface area is 125 Å². The fourth-order valence-electron chi connectivity index (χ4n) is 2.62. The van der Waals surface area contributed by atoms with Crippen molar-refractivity contribution >= 4 is 11.7 Å². The molecular formula is C15H24N4O2. The van der Waals surface area contributed by atoms with Gasteiger partial charge in [0.05, 0.1) is 18.8 Å². The summed E-state index contributed by atoms with van der Waals surface area (Å²) in [6.07, 6.45) is 1.69. The molecule has 2 N–H and O–H groups in total. The van der Waals surface area contributed by atoms with Crippen molar-refractivity contribution in [1.29, 1.82) is 0 Å². The van der Waals surface area contributed by atoms with E-state index in [0.717, 1.165) is 26.3 Å². The first kappa shape index (κ1) is 15.7. The number of anilines is 1. The molecule has 0 aromatic carbocycles. The van der Waals surface area contributed by atoms with Gasteiger partial charge in [-0.05, 0) is 26.0 Å². The summed E-state index contributed by atoms with van der Waals surface area (Å²) in [5.41, 5.74) is 0.572. The fraction of sp³-hybridized carbons (Fsp3) is 0.600. The van der Waals surface area contributed by atoms with Gasteiger partial charge in [-0.3, -0.25) is 9.69 Å². The first-order valence-corrected chi connectivity index (χ1v) is 7.38. The Morgan fingerprint density at radius 1 is 1.62 bits per heavy atom. The minimum absolute atomic E-state index is 0.127. The first-order valence-electron chi connectivity index (χ1n) is 7.38. The highest BCUT2D eigenvalue weighted by atomic mass is 16.5. The molecule has 21 heavy (non-hydrogen) atoms. The van der Waals surface area contributed by atoms with Gasteiger partial charge in [-0.25, -0.2) is 4.98 Å². The molecule has 1 fully saturated rings. The number of carbonyl (C=O) groups is 1. The number of ether oxygens (including phenoxy) is 1. The summed E-state index contributed by atoms with van der Waals surface area (Å²) in [5.74, 6) is 0.502. The maximum absolute atomic E-state index is 11.8. The van der Waals surface area contributed by atoms with Gasteiger partial charge in [-0.1, -0.05) is 0 Å². The number of nitrogens with zero attached hydrogens (tertiary/aromatic N) is 2. The van der Waals surface area contributed by atoms with E-state index < -0.39 is 0 Å². The van der Waals surface area contributed by atoms with Gasteiger partial charge < -0.3 is 15.4 Å². The molecule has 0 radical (unpaired) electrons. The second kappa shape index (κ2) is 7.38. The summed E-state index contributed by atoms with van der Waals surface area (Å²) in [6.45, 7) is 7.59. The second-order valence-electron chi connectivity index (χ2n) is 5.37. The smallest absolute Gasteiger partial charge is 0.254 e. The number of nitrogens with one attached hydrogen (secondary N) is 2. The highest BCUT2D eigenvalue weighted by Crippen LogP contribution is 2.14. The van der Waals surface area contributed by atoms with Gasteiger partial charge in [0, 0.05) is 38.4 Å². The number of hydrogen-bond donors (Lipinski definition) is 2. The van der Waals surface area contributed by atoms with E-state index in [9.17, 15) is 4.79 Å². The molecule has 1 saturated heterocycles. The molecule has 0 spiro atoms. The summed E-state index contributed by atoms with van der Waals surface area (Å²) < 4.78 is 5.46. The molecule has 0 bridgehead atoms. The van der Waals surface area contributed by atoms with Crippen LogP contribution in [0.2, 0.25) is 0 Å². The van der Waals surface area contributed by atoms with Crippen LogP contribution in [0.4, 0.5) is 5.82 Å². The molecule has 1 aromatic rings. The lowest BCUT2D eigenvalue weighted by molar-refractivity contribution is -0.0159. The molecular weight excluding hydrogens is 268 g/mol. The number of hydrogen-bond acceptors (Lipinski definition) is 5. The topological polar surface area (TPSA) is 66.5 Å². The van der Waals surface area contributed by atoms with Crippen molar-refractivity contribution in [3.8, 4) is 0 Å². The lowest BCUT2D eigenvalue weighted by Crippen LogP contribution is -2.50. The van der Waals surface area contributed by atoms with E-state index in [1.807, 2.05) is 0 Å². The Kier molecular flexibility index (Phi) is 5.52. The Morgan fingerprint density at radius 2 is 2.43 bits per heavy atom. The van der Waals surface area contributed by atoms with E-state index in [-0.39, 0.29) is 5.91 Å². The normalized spacial score (nSPS) is 20.8. The highest BCUT2D eigenvalue weighted by molar-refractivity contribution is 5.98. The largest absolute Gasteiger partial charge is 0.379 e. The Hall–Kier alpha value is -1.66. The lowest BCUT2D eigenvalue weighted by atomic mass is 10.1. The van der Waals surface area contributed by atoms with Crippen LogP contribution in [-0.2, 0) is 4.74 Å². The third-order valence-corrected chi connectivity index (χ3v) is 3.83. The highest BCUT2D eigenvalue weighted by Gasteiger charge is 2.23. The number of carbonyl (C=O) groups excluding carboxylic acids is 1. The number of morpholine rings is 1. The quantitative estimate of drug-likeness (QED) is 0.846. The zero-order valence-corrected chi connectivity index (χ0v) is 12.9. The molecule has 2 atom stereocenters. The van der Waals surface area contributed by atoms with Gasteiger partial charge in [0.2, 0.25) is 0 Å². The number of aromatic nitrogens is 1. The number of rotatable bonds is 5. The van der Waals surface area contributed by atoms with Crippen molar-refractivity contribution in [2.75, 3.05) is 38.7 Å². The van der Waals surface area contributed by atoms with Crippen molar-refractivity contribution in [3.63, 3.8) is 0 Å². The van der Waals surface area contributed by atoms with Crippen LogP contribution in [-0.4, -0.2) is 61.2 Å². The molecule has 1 aliphatic rings. The maximum atomic E-state index is 11.8. The van der Waals surface area contributed by atoms with Crippen molar-refractivity contribution in [3.05, 3.63) is 23.9 Å². The molecule has 6 nitrogen and oxygen atoms in total. The van der Waals surface area contributed by atoms with Gasteiger partial charge in [-0.15, -0.1) is 0 Å². The standard InChI is InChI=1S/C15H24N4O2/c1-11(19-7-8-21-10-12(19)2)9-18-14-13(15(20)16-3)5-4-6-17-14/h4-6,11-12H,7-10H2,1-3H3,(H,16,20)(H,17,18). The van der Waals surface area contributed by atoms with Crippen molar-refractivity contribution in [1.82, 2.24) is 15.2 Å². The zero-order valence-electron chi connectivity index (χ0n) is 12.9. The maximum Gasteiger partial charge on any atom is 0.254 e. The molecule has 116 valence electrons. The average molecular weight is 292 g/mol. The van der Waals surface area contributed by atoms with Crippen LogP contribution < -0.4 is 10.6 Å². The molecule has 6 heteroatoms. The van der Waals surface area contributed by atoms with Gasteiger partial charge in [0.25, 0.3) is 5.91 Å². The lowest BCUT2D eigenvalue weighted by Gasteiger charge is -2.38. The van der Waals surface area contributed by atoms with Crippen LogP contribution in [0, 0.1) is 0 Å². The summed E-state index contributed by atoms with van der Waals surface area (Å²) in [4.78, 5) is 18.5. The molecule has 1 aromatic heterocycles. The summed E-state index contributed by atoms with van der Waals surface area (Å²) >= 11 is 0. The third kappa shape index (κ3) is 3.92. The Balaban J connectivity index is 1.98. The van der Waals surface area contributed by atoms with Gasteiger partial charge >= 0.3 is 0 Å². The van der Waals surface area contributed by atoms with Crippen LogP contribution in [0.5, 0.6) is 0 Å². The van der Waals surface area contributed by atoms with Crippen LogP contribution in [0.15, 0.2) is 18.3 Å². The van der Waals surface area contributed by atoms with Crippen LogP contribution in [0.1, 0.15) is 24.2 Å². The average Bonchev–Trinajstić information content (AvgIpc) is 2.52. The van der Waals surface area contributed by atoms with E-state index in [1.54, 1.807) is 25.4 Å². The van der Waals surface area contributed by atoms with E-state index in [0.29, 0.717) is 23.5 Å². The second-order valence-corrected chi connectivity index (χ2v) is 5.37. The van der Waals surface area contributed by atoms with E-state index in [1.165, 1.54) is 0 Å². The SMILES string of the molecule is CNC(=O)c1cccnc1NCC(C)N1CCOCC1C. The number of amides is 1. The summed E-state index contributed by atoms with van der Waals surface area (Å²) in [7, 11) is 1.62. The van der Waals surface area contributed by atoms with Crippen molar-refractivity contribution in [2.24, 2.45) is 0 Å². The van der Waals surface area contributed by atoms with Crippen LogP contribution >= 0.6 is 0 Å². The van der Waals surface area contributed by atoms with Crippen molar-refractivity contribution in [2.45, 2.75) is 25.9 Å². The predicted molar refractivity (Wildman–Crippen MR) is 82.6 cm³/mol. The minimum Gasteiger partial charge on any atom is -0.379 e. The molecule has 0 saturated carbocycles. The Bertz CT molecular complexity index is 480. The van der Waals surface area contributed by atoms with Crippen LogP contribution in [0.25, 0.3) is 0 Å². The van der Waals surface area contributed by atoms with Crippen molar-refractivity contribution < 1.29 is 9.53 Å². The van der Waals surface area contributed by atoms with Gasteiger partial charge in [-0.2, -0.15) is 0 Å². The van der Waals surface area contributed by atoms with Gasteiger partial charge in [0.15, 0.2) is 0 Å². The molecule has 2 heterocycles. The predicted octanol–water partition coefficient (Wildman–Crippen LogP) is 0.962. The van der Waals surface area contributed by atoms with E-state index >= 15 is 0 Å². The minimum atomic E-state index is -0.127. The molecule has 1 amide bonds.